The highest BCUT2D eigenvalue weighted by molar-refractivity contribution is 6.29. The molecule has 2 rings (SSSR count). The Kier molecular flexibility index (Phi) is 2.65. The molecule has 0 aliphatic carbocycles. The Morgan fingerprint density at radius 2 is 2.20 bits per heavy atom. The van der Waals surface area contributed by atoms with Crippen LogP contribution in [0.1, 0.15) is 25.1 Å². The zero-order valence-corrected chi connectivity index (χ0v) is 9.58. The molecule has 0 bridgehead atoms. The third kappa shape index (κ3) is 1.97. The molecule has 0 fully saturated rings. The van der Waals surface area contributed by atoms with Crippen molar-refractivity contribution in [3.05, 3.63) is 28.5 Å². The van der Waals surface area contributed by atoms with E-state index in [1.165, 1.54) is 0 Å². The summed E-state index contributed by atoms with van der Waals surface area (Å²) < 4.78 is 0. The molecule has 0 radical (unpaired) electrons. The van der Waals surface area contributed by atoms with Gasteiger partial charge in [0.15, 0.2) is 0 Å². The van der Waals surface area contributed by atoms with Gasteiger partial charge >= 0.3 is 0 Å². The van der Waals surface area contributed by atoms with Crippen LogP contribution in [0.15, 0.2) is 12.1 Å². The van der Waals surface area contributed by atoms with Crippen molar-refractivity contribution >= 4 is 17.5 Å². The fourth-order valence-corrected chi connectivity index (χ4v) is 1.95. The van der Waals surface area contributed by atoms with Gasteiger partial charge in [-0.15, -0.1) is 0 Å². The number of halogens is 1. The molecular formula is C11H13ClN2O. The minimum Gasteiger partial charge on any atom is -0.336 e. The molecule has 0 N–H and O–H groups in total. The Bertz CT molecular complexity index is 404. The van der Waals surface area contributed by atoms with E-state index in [4.69, 9.17) is 11.6 Å². The van der Waals surface area contributed by atoms with E-state index in [9.17, 15) is 4.79 Å². The fraction of sp³-hybridized carbons (Fsp3) is 0.455. The number of carbonyl (C=O) groups excluding carboxylic acids is 1. The Hall–Kier alpha value is -1.09. The van der Waals surface area contributed by atoms with Crippen molar-refractivity contribution in [2.45, 2.75) is 32.9 Å². The third-order valence-corrected chi connectivity index (χ3v) is 2.85. The van der Waals surface area contributed by atoms with Gasteiger partial charge in [-0.2, -0.15) is 0 Å². The minimum absolute atomic E-state index is 0.132. The predicted octanol–water partition coefficient (Wildman–Crippen LogP) is 2.03. The van der Waals surface area contributed by atoms with E-state index in [0.29, 0.717) is 18.1 Å². The molecule has 1 amide bonds. The molecule has 0 saturated carbocycles. The third-order valence-electron chi connectivity index (χ3n) is 2.64. The van der Waals surface area contributed by atoms with Crippen LogP contribution in [-0.2, 0) is 17.8 Å². The molecule has 1 aliphatic heterocycles. The van der Waals surface area contributed by atoms with Gasteiger partial charge in [0.1, 0.15) is 5.15 Å². The van der Waals surface area contributed by atoms with E-state index in [0.717, 1.165) is 11.3 Å². The van der Waals surface area contributed by atoms with Crippen LogP contribution in [0, 0.1) is 0 Å². The summed E-state index contributed by atoms with van der Waals surface area (Å²) in [5, 5.41) is 0.458. The van der Waals surface area contributed by atoms with Gasteiger partial charge in [-0.3, -0.25) is 4.79 Å². The van der Waals surface area contributed by atoms with Crippen molar-refractivity contribution in [2.75, 3.05) is 0 Å². The normalized spacial score (nSPS) is 15.7. The molecule has 1 aromatic rings. The first-order valence-corrected chi connectivity index (χ1v) is 5.39. The second-order valence-corrected chi connectivity index (χ2v) is 4.42. The number of nitrogens with zero attached hydrogens (tertiary/aromatic N) is 2. The minimum atomic E-state index is 0.132. The second-order valence-electron chi connectivity index (χ2n) is 4.03. The highest BCUT2D eigenvalue weighted by atomic mass is 35.5. The Balaban J connectivity index is 2.34. The van der Waals surface area contributed by atoms with Gasteiger partial charge in [0, 0.05) is 12.6 Å². The number of carbonyl (C=O) groups is 1. The number of amides is 1. The molecule has 1 aromatic heterocycles. The molecule has 80 valence electrons. The molecule has 0 atom stereocenters. The van der Waals surface area contributed by atoms with Gasteiger partial charge in [0.25, 0.3) is 0 Å². The van der Waals surface area contributed by atoms with E-state index in [1.54, 1.807) is 6.07 Å². The van der Waals surface area contributed by atoms with Crippen molar-refractivity contribution in [1.82, 2.24) is 9.88 Å². The summed E-state index contributed by atoms with van der Waals surface area (Å²) in [5.74, 6) is 0.132. The van der Waals surface area contributed by atoms with Crippen molar-refractivity contribution < 1.29 is 4.79 Å². The van der Waals surface area contributed by atoms with Crippen LogP contribution in [0.3, 0.4) is 0 Å². The molecule has 1 aliphatic rings. The maximum absolute atomic E-state index is 11.8. The van der Waals surface area contributed by atoms with E-state index in [2.05, 4.69) is 4.98 Å². The zero-order valence-electron chi connectivity index (χ0n) is 8.83. The Labute approximate surface area is 94.1 Å². The molecule has 4 heteroatoms. The smallest absolute Gasteiger partial charge is 0.229 e. The van der Waals surface area contributed by atoms with Crippen LogP contribution >= 0.6 is 11.6 Å². The first-order valence-electron chi connectivity index (χ1n) is 5.01. The van der Waals surface area contributed by atoms with Gasteiger partial charge in [0.2, 0.25) is 5.91 Å². The highest BCUT2D eigenvalue weighted by Gasteiger charge is 2.25. The van der Waals surface area contributed by atoms with Crippen molar-refractivity contribution in [2.24, 2.45) is 0 Å². The maximum atomic E-state index is 11.8. The van der Waals surface area contributed by atoms with E-state index < -0.39 is 0 Å². The molecule has 2 heterocycles. The van der Waals surface area contributed by atoms with Gasteiger partial charge in [0.05, 0.1) is 12.1 Å². The van der Waals surface area contributed by atoms with Gasteiger partial charge in [-0.25, -0.2) is 4.98 Å². The number of rotatable bonds is 1. The Morgan fingerprint density at radius 3 is 2.87 bits per heavy atom. The molecule has 3 nitrogen and oxygen atoms in total. The van der Waals surface area contributed by atoms with Gasteiger partial charge in [-0.1, -0.05) is 17.7 Å². The molecule has 0 spiro atoms. The van der Waals surface area contributed by atoms with Crippen molar-refractivity contribution in [1.29, 1.82) is 0 Å². The standard InChI is InChI=1S/C11H13ClN2O/c1-7(2)14-6-8-3-4-10(12)13-9(8)5-11(14)15/h3-4,7H,5-6H2,1-2H3. The summed E-state index contributed by atoms with van der Waals surface area (Å²) in [6.45, 7) is 4.69. The summed E-state index contributed by atoms with van der Waals surface area (Å²) in [5.41, 5.74) is 1.93. The fourth-order valence-electron chi connectivity index (χ4n) is 1.79. The van der Waals surface area contributed by atoms with Crippen LogP contribution in [0.5, 0.6) is 0 Å². The highest BCUT2D eigenvalue weighted by Crippen LogP contribution is 2.21. The first-order chi connectivity index (χ1) is 7.08. The monoisotopic (exact) mass is 224 g/mol. The summed E-state index contributed by atoms with van der Waals surface area (Å²) in [4.78, 5) is 17.8. The lowest BCUT2D eigenvalue weighted by Gasteiger charge is -2.31. The number of hydrogen-bond donors (Lipinski definition) is 0. The van der Waals surface area contributed by atoms with Crippen LogP contribution < -0.4 is 0 Å². The van der Waals surface area contributed by atoms with Crippen LogP contribution in [0.2, 0.25) is 5.15 Å². The molecule has 0 unspecified atom stereocenters. The predicted molar refractivity (Wildman–Crippen MR) is 58.6 cm³/mol. The number of aromatic nitrogens is 1. The van der Waals surface area contributed by atoms with Crippen molar-refractivity contribution in [3.8, 4) is 0 Å². The average Bonchev–Trinajstić information content (AvgIpc) is 2.15. The quantitative estimate of drug-likeness (QED) is 0.684. The molecule has 15 heavy (non-hydrogen) atoms. The topological polar surface area (TPSA) is 33.2 Å². The largest absolute Gasteiger partial charge is 0.336 e. The van der Waals surface area contributed by atoms with Crippen LogP contribution in [0.4, 0.5) is 0 Å². The maximum Gasteiger partial charge on any atom is 0.229 e. The Morgan fingerprint density at radius 1 is 1.47 bits per heavy atom. The average molecular weight is 225 g/mol. The summed E-state index contributed by atoms with van der Waals surface area (Å²) in [6.07, 6.45) is 0.369. The first kappa shape index (κ1) is 10.4. The zero-order chi connectivity index (χ0) is 11.0. The molecule has 0 aromatic carbocycles. The lowest BCUT2D eigenvalue weighted by molar-refractivity contribution is -0.133. The number of fused-ring (bicyclic) bond motifs is 1. The van der Waals surface area contributed by atoms with Crippen molar-refractivity contribution in [3.63, 3.8) is 0 Å². The van der Waals surface area contributed by atoms with Crippen LogP contribution in [-0.4, -0.2) is 21.8 Å². The SMILES string of the molecule is CC(C)N1Cc2ccc(Cl)nc2CC1=O. The summed E-state index contributed by atoms with van der Waals surface area (Å²) >= 11 is 5.79. The second kappa shape index (κ2) is 3.81. The lowest BCUT2D eigenvalue weighted by Crippen LogP contribution is -2.41. The van der Waals surface area contributed by atoms with Gasteiger partial charge in [-0.05, 0) is 25.5 Å². The lowest BCUT2D eigenvalue weighted by atomic mass is 10.0. The summed E-state index contributed by atoms with van der Waals surface area (Å²) in [7, 11) is 0. The number of pyridine rings is 1. The van der Waals surface area contributed by atoms with E-state index in [1.807, 2.05) is 24.8 Å². The molecular weight excluding hydrogens is 212 g/mol. The summed E-state index contributed by atoms with van der Waals surface area (Å²) in [6, 6.07) is 3.96. The molecule has 0 saturated heterocycles. The van der Waals surface area contributed by atoms with Crippen LogP contribution in [0.25, 0.3) is 0 Å². The van der Waals surface area contributed by atoms with E-state index in [-0.39, 0.29) is 11.9 Å². The van der Waals surface area contributed by atoms with Gasteiger partial charge < -0.3 is 4.90 Å². The number of hydrogen-bond acceptors (Lipinski definition) is 2. The van der Waals surface area contributed by atoms with E-state index >= 15 is 0 Å².